The molecule has 0 spiro atoms. The van der Waals surface area contributed by atoms with E-state index >= 15 is 0 Å². The van der Waals surface area contributed by atoms with Crippen LogP contribution in [0.1, 0.15) is 5.82 Å². The molecule has 3 N–H and O–H groups in total. The molecule has 0 radical (unpaired) electrons. The zero-order chi connectivity index (χ0) is 14.5. The van der Waals surface area contributed by atoms with Crippen molar-refractivity contribution in [3.8, 4) is 17.2 Å². The summed E-state index contributed by atoms with van der Waals surface area (Å²) in [6, 6.07) is 14.6. The van der Waals surface area contributed by atoms with E-state index in [-0.39, 0.29) is 6.61 Å². The van der Waals surface area contributed by atoms with Gasteiger partial charge in [0, 0.05) is 6.07 Å². The number of anilines is 1. The highest BCUT2D eigenvalue weighted by atomic mass is 16.5. The average Bonchev–Trinajstić information content (AvgIpc) is 3.01. The summed E-state index contributed by atoms with van der Waals surface area (Å²) in [6.45, 7) is 0.230. The van der Waals surface area contributed by atoms with Gasteiger partial charge in [0.1, 0.15) is 17.2 Å². The molecule has 0 aliphatic heterocycles. The lowest BCUT2D eigenvalue weighted by atomic mass is 10.3. The van der Waals surface area contributed by atoms with Crippen LogP contribution in [0.25, 0.3) is 0 Å². The Morgan fingerprint density at radius 3 is 2.71 bits per heavy atom. The first-order valence-corrected chi connectivity index (χ1v) is 6.29. The van der Waals surface area contributed by atoms with Gasteiger partial charge in [-0.05, 0) is 24.3 Å². The molecule has 0 unspecified atom stereocenters. The lowest BCUT2D eigenvalue weighted by Gasteiger charge is -2.09. The number of nitrogens with one attached hydrogen (secondary N) is 1. The van der Waals surface area contributed by atoms with Crippen molar-refractivity contribution in [1.29, 1.82) is 0 Å². The van der Waals surface area contributed by atoms with Crippen LogP contribution in [0.15, 0.2) is 48.5 Å². The van der Waals surface area contributed by atoms with Crippen molar-refractivity contribution in [1.82, 2.24) is 20.6 Å². The molecule has 3 rings (SSSR count). The van der Waals surface area contributed by atoms with Gasteiger partial charge in [-0.1, -0.05) is 23.4 Å². The molecule has 0 atom stereocenters. The van der Waals surface area contributed by atoms with Crippen LogP contribution < -0.4 is 15.2 Å². The Morgan fingerprint density at radius 2 is 1.90 bits per heavy atom. The summed E-state index contributed by atoms with van der Waals surface area (Å²) in [6.07, 6.45) is 0. The Labute approximate surface area is 120 Å². The minimum absolute atomic E-state index is 0.230. The maximum absolute atomic E-state index is 5.85. The minimum atomic E-state index is 0.230. The molecule has 0 aliphatic rings. The van der Waals surface area contributed by atoms with Gasteiger partial charge in [0.25, 0.3) is 0 Å². The molecule has 0 bridgehead atoms. The van der Waals surface area contributed by atoms with Gasteiger partial charge in [-0.15, -0.1) is 10.2 Å². The number of nitrogens with zero attached hydrogens (tertiary/aromatic N) is 3. The maximum atomic E-state index is 5.85. The summed E-state index contributed by atoms with van der Waals surface area (Å²) < 4.78 is 11.3. The van der Waals surface area contributed by atoms with Crippen LogP contribution in [-0.2, 0) is 6.61 Å². The molecule has 106 valence electrons. The molecule has 0 saturated carbocycles. The summed E-state index contributed by atoms with van der Waals surface area (Å²) in [4.78, 5) is 0. The van der Waals surface area contributed by atoms with Crippen LogP contribution in [0.3, 0.4) is 0 Å². The lowest BCUT2D eigenvalue weighted by molar-refractivity contribution is 0.294. The van der Waals surface area contributed by atoms with Crippen molar-refractivity contribution >= 4 is 5.69 Å². The van der Waals surface area contributed by atoms with Crippen LogP contribution in [0.2, 0.25) is 0 Å². The number of aromatic amines is 1. The maximum Gasteiger partial charge on any atom is 0.211 e. The number of tetrazole rings is 1. The van der Waals surface area contributed by atoms with Crippen molar-refractivity contribution in [2.75, 3.05) is 5.73 Å². The third-order valence-electron chi connectivity index (χ3n) is 2.71. The van der Waals surface area contributed by atoms with Gasteiger partial charge in [-0.25, -0.2) is 0 Å². The zero-order valence-corrected chi connectivity index (χ0v) is 11.1. The first-order valence-electron chi connectivity index (χ1n) is 6.29. The summed E-state index contributed by atoms with van der Waals surface area (Å²) in [5, 5.41) is 13.5. The SMILES string of the molecule is Nc1ccccc1Oc1cccc(OCc2nn[nH]n2)c1. The van der Waals surface area contributed by atoms with Crippen LogP contribution >= 0.6 is 0 Å². The number of hydrogen-bond donors (Lipinski definition) is 2. The number of benzene rings is 2. The number of rotatable bonds is 5. The average molecular weight is 283 g/mol. The number of aromatic nitrogens is 4. The van der Waals surface area contributed by atoms with Crippen molar-refractivity contribution in [3.63, 3.8) is 0 Å². The van der Waals surface area contributed by atoms with Crippen LogP contribution in [0, 0.1) is 0 Å². The second-order valence-corrected chi connectivity index (χ2v) is 4.23. The fourth-order valence-electron chi connectivity index (χ4n) is 1.72. The molecule has 1 heterocycles. The standard InChI is InChI=1S/C14H13N5O2/c15-12-6-1-2-7-13(12)21-11-5-3-4-10(8-11)20-9-14-16-18-19-17-14/h1-8H,9,15H2,(H,16,17,18,19). The van der Waals surface area contributed by atoms with E-state index in [1.165, 1.54) is 0 Å². The Morgan fingerprint density at radius 1 is 1.05 bits per heavy atom. The summed E-state index contributed by atoms with van der Waals surface area (Å²) in [7, 11) is 0. The number of H-pyrrole nitrogens is 1. The third-order valence-corrected chi connectivity index (χ3v) is 2.71. The highest BCUT2D eigenvalue weighted by Crippen LogP contribution is 2.29. The molecule has 7 nitrogen and oxygen atoms in total. The zero-order valence-electron chi connectivity index (χ0n) is 11.1. The quantitative estimate of drug-likeness (QED) is 0.696. The van der Waals surface area contributed by atoms with E-state index in [4.69, 9.17) is 15.2 Å². The minimum Gasteiger partial charge on any atom is -0.485 e. The molecule has 3 aromatic rings. The number of ether oxygens (including phenoxy) is 2. The molecule has 0 amide bonds. The smallest absolute Gasteiger partial charge is 0.211 e. The number of nitrogens with two attached hydrogens (primary N) is 1. The number of para-hydroxylation sites is 2. The van der Waals surface area contributed by atoms with Gasteiger partial charge in [0.05, 0.1) is 5.69 Å². The van der Waals surface area contributed by atoms with Crippen molar-refractivity contribution < 1.29 is 9.47 Å². The van der Waals surface area contributed by atoms with E-state index in [2.05, 4.69) is 20.6 Å². The van der Waals surface area contributed by atoms with Gasteiger partial charge < -0.3 is 15.2 Å². The molecular formula is C14H13N5O2. The van der Waals surface area contributed by atoms with Gasteiger partial charge in [-0.2, -0.15) is 5.21 Å². The fourth-order valence-corrected chi connectivity index (χ4v) is 1.72. The molecule has 0 aliphatic carbocycles. The molecule has 7 heteroatoms. The van der Waals surface area contributed by atoms with Crippen molar-refractivity contribution in [3.05, 3.63) is 54.4 Å². The molecular weight excluding hydrogens is 270 g/mol. The lowest BCUT2D eigenvalue weighted by Crippen LogP contribution is -1.98. The second-order valence-electron chi connectivity index (χ2n) is 4.23. The van der Waals surface area contributed by atoms with Crippen molar-refractivity contribution in [2.24, 2.45) is 0 Å². The predicted molar refractivity (Wildman–Crippen MR) is 75.9 cm³/mol. The van der Waals surface area contributed by atoms with Gasteiger partial charge >= 0.3 is 0 Å². The van der Waals surface area contributed by atoms with E-state index in [1.54, 1.807) is 12.1 Å². The van der Waals surface area contributed by atoms with Crippen LogP contribution in [-0.4, -0.2) is 20.6 Å². The Bertz CT molecular complexity index is 715. The van der Waals surface area contributed by atoms with E-state index in [0.717, 1.165) is 0 Å². The first kappa shape index (κ1) is 12.9. The van der Waals surface area contributed by atoms with Crippen LogP contribution in [0.4, 0.5) is 5.69 Å². The highest BCUT2D eigenvalue weighted by Gasteiger charge is 2.04. The van der Waals surface area contributed by atoms with Gasteiger partial charge in [0.2, 0.25) is 5.82 Å². The van der Waals surface area contributed by atoms with Crippen molar-refractivity contribution in [2.45, 2.75) is 6.61 Å². The summed E-state index contributed by atoms with van der Waals surface area (Å²) in [5.41, 5.74) is 6.43. The van der Waals surface area contributed by atoms with E-state index < -0.39 is 0 Å². The molecule has 0 fully saturated rings. The van der Waals surface area contributed by atoms with Gasteiger partial charge in [-0.3, -0.25) is 0 Å². The van der Waals surface area contributed by atoms with E-state index in [1.807, 2.05) is 36.4 Å². The molecule has 0 saturated heterocycles. The number of hydrogen-bond acceptors (Lipinski definition) is 6. The fraction of sp³-hybridized carbons (Fsp3) is 0.0714. The summed E-state index contributed by atoms with van der Waals surface area (Å²) >= 11 is 0. The Hall–Kier alpha value is -3.09. The van der Waals surface area contributed by atoms with Gasteiger partial charge in [0.15, 0.2) is 6.61 Å². The topological polar surface area (TPSA) is 98.9 Å². The summed E-state index contributed by atoms with van der Waals surface area (Å²) in [5.74, 6) is 2.37. The van der Waals surface area contributed by atoms with Crippen LogP contribution in [0.5, 0.6) is 17.2 Å². The van der Waals surface area contributed by atoms with E-state index in [0.29, 0.717) is 28.8 Å². The van der Waals surface area contributed by atoms with E-state index in [9.17, 15) is 0 Å². The second kappa shape index (κ2) is 5.91. The monoisotopic (exact) mass is 283 g/mol. The molecule has 2 aromatic carbocycles. The Balaban J connectivity index is 1.70. The largest absolute Gasteiger partial charge is 0.485 e. The molecule has 1 aromatic heterocycles. The highest BCUT2D eigenvalue weighted by molar-refractivity contribution is 5.53. The number of nitrogen functional groups attached to an aromatic ring is 1. The molecule has 21 heavy (non-hydrogen) atoms. The Kier molecular flexibility index (Phi) is 3.64. The third kappa shape index (κ3) is 3.27. The first-order chi connectivity index (χ1) is 10.3. The predicted octanol–water partition coefficient (Wildman–Crippen LogP) is 2.15. The normalized spacial score (nSPS) is 10.3.